The zero-order valence-corrected chi connectivity index (χ0v) is 14.5. The van der Waals surface area contributed by atoms with E-state index in [9.17, 15) is 9.90 Å². The number of hydrogen-bond donors (Lipinski definition) is 1. The Kier molecular flexibility index (Phi) is 4.66. The highest BCUT2D eigenvalue weighted by Crippen LogP contribution is 2.32. The highest BCUT2D eigenvalue weighted by Gasteiger charge is 2.38. The molecule has 0 bridgehead atoms. The molecule has 5 heteroatoms. The molecule has 1 aliphatic rings. The lowest BCUT2D eigenvalue weighted by Gasteiger charge is -2.27. The lowest BCUT2D eigenvalue weighted by atomic mass is 9.88. The lowest BCUT2D eigenvalue weighted by Crippen LogP contribution is -2.39. The van der Waals surface area contributed by atoms with Gasteiger partial charge in [0.25, 0.3) is 0 Å². The van der Waals surface area contributed by atoms with Crippen molar-refractivity contribution in [1.82, 2.24) is 10.1 Å². The molecule has 5 nitrogen and oxygen atoms in total. The predicted octanol–water partition coefficient (Wildman–Crippen LogP) is 2.69. The lowest BCUT2D eigenvalue weighted by molar-refractivity contribution is -0.135. The maximum Gasteiger partial charge on any atom is 0.234 e. The number of carbonyl (C=O) groups is 1. The van der Waals surface area contributed by atoms with Crippen LogP contribution in [0.25, 0.3) is 0 Å². The van der Waals surface area contributed by atoms with E-state index in [4.69, 9.17) is 4.52 Å². The number of amides is 1. The summed E-state index contributed by atoms with van der Waals surface area (Å²) < 4.78 is 5.50. The van der Waals surface area contributed by atoms with Gasteiger partial charge in [0, 0.05) is 24.1 Å². The summed E-state index contributed by atoms with van der Waals surface area (Å²) in [6.45, 7) is 12.6. The van der Waals surface area contributed by atoms with Gasteiger partial charge < -0.3 is 14.5 Å². The molecule has 2 rings (SSSR count). The van der Waals surface area contributed by atoms with Crippen LogP contribution in [0.2, 0.25) is 0 Å². The summed E-state index contributed by atoms with van der Waals surface area (Å²) in [5, 5.41) is 13.9. The van der Waals surface area contributed by atoms with Crippen molar-refractivity contribution < 1.29 is 14.4 Å². The van der Waals surface area contributed by atoms with E-state index in [1.54, 1.807) is 4.90 Å². The fourth-order valence-corrected chi connectivity index (χ4v) is 3.01. The first-order valence-corrected chi connectivity index (χ1v) is 8.07. The van der Waals surface area contributed by atoms with Crippen LogP contribution in [-0.4, -0.2) is 39.8 Å². The van der Waals surface area contributed by atoms with Crippen molar-refractivity contribution >= 4 is 5.91 Å². The highest BCUT2D eigenvalue weighted by atomic mass is 16.5. The number of rotatable bonds is 3. The average Bonchev–Trinajstić information content (AvgIpc) is 2.95. The van der Waals surface area contributed by atoms with Gasteiger partial charge in [-0.3, -0.25) is 4.79 Å². The summed E-state index contributed by atoms with van der Waals surface area (Å²) in [5.41, 5.74) is 0.749. The minimum Gasteiger partial charge on any atom is -0.391 e. The van der Waals surface area contributed by atoms with Crippen LogP contribution in [0, 0.1) is 5.92 Å². The SMILES string of the molecule is CC(C)C(C(=O)N1CC(O)CC1C)c1cc(C(C)(C)C)no1. The van der Waals surface area contributed by atoms with E-state index in [0.717, 1.165) is 5.69 Å². The fourth-order valence-electron chi connectivity index (χ4n) is 3.01. The van der Waals surface area contributed by atoms with Crippen molar-refractivity contribution in [2.75, 3.05) is 6.54 Å². The Morgan fingerprint density at radius 3 is 2.50 bits per heavy atom. The first-order chi connectivity index (χ1) is 10.1. The predicted molar refractivity (Wildman–Crippen MR) is 84.6 cm³/mol. The van der Waals surface area contributed by atoms with Gasteiger partial charge in [-0.15, -0.1) is 0 Å². The van der Waals surface area contributed by atoms with Gasteiger partial charge >= 0.3 is 0 Å². The molecule has 1 saturated heterocycles. The van der Waals surface area contributed by atoms with Crippen LogP contribution in [0.5, 0.6) is 0 Å². The number of aliphatic hydroxyl groups excluding tert-OH is 1. The Morgan fingerprint density at radius 1 is 1.45 bits per heavy atom. The van der Waals surface area contributed by atoms with Crippen molar-refractivity contribution in [2.45, 2.75) is 71.4 Å². The molecule has 0 spiro atoms. The van der Waals surface area contributed by atoms with Gasteiger partial charge in [-0.1, -0.05) is 39.8 Å². The van der Waals surface area contributed by atoms with Crippen LogP contribution < -0.4 is 0 Å². The highest BCUT2D eigenvalue weighted by molar-refractivity contribution is 5.84. The van der Waals surface area contributed by atoms with Crippen molar-refractivity contribution in [3.63, 3.8) is 0 Å². The van der Waals surface area contributed by atoms with Gasteiger partial charge in [-0.2, -0.15) is 0 Å². The maximum absolute atomic E-state index is 12.9. The summed E-state index contributed by atoms with van der Waals surface area (Å²) in [7, 11) is 0. The van der Waals surface area contributed by atoms with Crippen LogP contribution in [-0.2, 0) is 10.2 Å². The minimum absolute atomic E-state index is 0.0238. The van der Waals surface area contributed by atoms with Crippen molar-refractivity contribution in [1.29, 1.82) is 0 Å². The Balaban J connectivity index is 2.27. The van der Waals surface area contributed by atoms with E-state index in [1.165, 1.54) is 0 Å². The van der Waals surface area contributed by atoms with Crippen LogP contribution >= 0.6 is 0 Å². The molecule has 0 aliphatic carbocycles. The normalized spacial score (nSPS) is 24.1. The summed E-state index contributed by atoms with van der Waals surface area (Å²) >= 11 is 0. The molecule has 0 aromatic carbocycles. The first-order valence-electron chi connectivity index (χ1n) is 8.07. The molecule has 3 unspecified atom stereocenters. The summed E-state index contributed by atoms with van der Waals surface area (Å²) in [6.07, 6.45) is 0.215. The Hall–Kier alpha value is -1.36. The van der Waals surface area contributed by atoms with E-state index < -0.39 is 6.10 Å². The van der Waals surface area contributed by atoms with Gasteiger partial charge in [-0.05, 0) is 19.3 Å². The number of nitrogens with zero attached hydrogens (tertiary/aromatic N) is 2. The third-order valence-electron chi connectivity index (χ3n) is 4.37. The molecule has 1 amide bonds. The third-order valence-corrected chi connectivity index (χ3v) is 4.37. The largest absolute Gasteiger partial charge is 0.391 e. The van der Waals surface area contributed by atoms with E-state index in [0.29, 0.717) is 18.7 Å². The first kappa shape index (κ1) is 17.0. The number of aromatic nitrogens is 1. The molecular weight excluding hydrogens is 280 g/mol. The van der Waals surface area contributed by atoms with Gasteiger partial charge in [-0.25, -0.2) is 0 Å². The molecule has 3 atom stereocenters. The molecule has 0 saturated carbocycles. The number of aliphatic hydroxyl groups is 1. The molecule has 1 aromatic rings. The zero-order valence-electron chi connectivity index (χ0n) is 14.5. The monoisotopic (exact) mass is 308 g/mol. The fraction of sp³-hybridized carbons (Fsp3) is 0.765. The van der Waals surface area contributed by atoms with E-state index in [-0.39, 0.29) is 29.2 Å². The molecule has 22 heavy (non-hydrogen) atoms. The molecule has 1 fully saturated rings. The second-order valence-corrected chi connectivity index (χ2v) is 7.82. The summed E-state index contributed by atoms with van der Waals surface area (Å²) in [5.74, 6) is 0.406. The Labute approximate surface area is 132 Å². The van der Waals surface area contributed by atoms with E-state index in [1.807, 2.05) is 26.8 Å². The maximum atomic E-state index is 12.9. The van der Waals surface area contributed by atoms with Crippen molar-refractivity contribution in [3.8, 4) is 0 Å². The van der Waals surface area contributed by atoms with Gasteiger partial charge in [0.2, 0.25) is 5.91 Å². The summed E-state index contributed by atoms with van der Waals surface area (Å²) in [4.78, 5) is 14.7. The Bertz CT molecular complexity index is 530. The summed E-state index contributed by atoms with van der Waals surface area (Å²) in [6, 6.07) is 1.97. The molecule has 1 aliphatic heterocycles. The standard InChI is InChI=1S/C17H28N2O3/c1-10(2)15(13-8-14(18-22-13)17(4,5)6)16(21)19-9-12(20)7-11(19)3/h8,10-12,15,20H,7,9H2,1-6H3. The molecule has 124 valence electrons. The van der Waals surface area contributed by atoms with Gasteiger partial charge in [0.1, 0.15) is 11.7 Å². The Morgan fingerprint density at radius 2 is 2.09 bits per heavy atom. The quantitative estimate of drug-likeness (QED) is 0.932. The van der Waals surface area contributed by atoms with Crippen molar-refractivity contribution in [2.24, 2.45) is 5.92 Å². The second kappa shape index (κ2) is 6.03. The second-order valence-electron chi connectivity index (χ2n) is 7.82. The van der Waals surface area contributed by atoms with E-state index in [2.05, 4.69) is 25.9 Å². The molecule has 0 radical (unpaired) electrons. The molecule has 1 N–H and O–H groups in total. The molecular formula is C17H28N2O3. The smallest absolute Gasteiger partial charge is 0.234 e. The van der Waals surface area contributed by atoms with Crippen LogP contribution in [0.15, 0.2) is 10.6 Å². The van der Waals surface area contributed by atoms with Crippen LogP contribution in [0.4, 0.5) is 0 Å². The average molecular weight is 308 g/mol. The zero-order chi connectivity index (χ0) is 16.7. The topological polar surface area (TPSA) is 66.6 Å². The van der Waals surface area contributed by atoms with Gasteiger partial charge in [0.05, 0.1) is 11.8 Å². The van der Waals surface area contributed by atoms with Gasteiger partial charge in [0.15, 0.2) is 0 Å². The third kappa shape index (κ3) is 3.35. The number of hydrogen-bond acceptors (Lipinski definition) is 4. The number of likely N-dealkylation sites (tertiary alicyclic amines) is 1. The van der Waals surface area contributed by atoms with Crippen LogP contribution in [0.1, 0.15) is 65.3 Å². The molecule has 1 aromatic heterocycles. The van der Waals surface area contributed by atoms with E-state index >= 15 is 0 Å². The van der Waals surface area contributed by atoms with Crippen molar-refractivity contribution in [3.05, 3.63) is 17.5 Å². The number of carbonyl (C=O) groups excluding carboxylic acids is 1. The minimum atomic E-state index is -0.424. The molecule has 2 heterocycles. The number of β-amino-alcohol motifs (C(OH)–C–C–N with tert-alkyl or cyclic N) is 1. The van der Waals surface area contributed by atoms with Crippen LogP contribution in [0.3, 0.4) is 0 Å².